The number of nitrogens with one attached hydrogen (secondary N) is 1. The van der Waals surface area contributed by atoms with Gasteiger partial charge in [-0.2, -0.15) is 0 Å². The van der Waals surface area contributed by atoms with Crippen LogP contribution in [0.25, 0.3) is 0 Å². The maximum Gasteiger partial charge on any atom is 0.123 e. The van der Waals surface area contributed by atoms with Crippen molar-refractivity contribution in [1.29, 1.82) is 0 Å². The van der Waals surface area contributed by atoms with E-state index >= 15 is 0 Å². The van der Waals surface area contributed by atoms with Crippen LogP contribution in [0, 0.1) is 5.82 Å². The van der Waals surface area contributed by atoms with Crippen LogP contribution >= 0.6 is 11.3 Å². The molecule has 0 amide bonds. The molecule has 0 saturated carbocycles. The average molecular weight is 292 g/mol. The van der Waals surface area contributed by atoms with E-state index in [0.717, 1.165) is 22.8 Å². The highest BCUT2D eigenvalue weighted by Gasteiger charge is 2.22. The Morgan fingerprint density at radius 3 is 2.65 bits per heavy atom. The van der Waals surface area contributed by atoms with E-state index in [-0.39, 0.29) is 17.3 Å². The van der Waals surface area contributed by atoms with Crippen molar-refractivity contribution < 1.29 is 4.39 Å². The number of hydrogen-bond donors (Lipinski definition) is 1. The Morgan fingerprint density at radius 1 is 1.35 bits per heavy atom. The minimum atomic E-state index is -0.210. The summed E-state index contributed by atoms with van der Waals surface area (Å²) in [6.45, 7) is 9.30. The molecule has 0 bridgehead atoms. The summed E-state index contributed by atoms with van der Waals surface area (Å²) in [6.07, 6.45) is 0. The summed E-state index contributed by atoms with van der Waals surface area (Å²) in [7, 11) is 0. The van der Waals surface area contributed by atoms with Crippen molar-refractivity contribution in [3.63, 3.8) is 0 Å². The van der Waals surface area contributed by atoms with Crippen LogP contribution in [0.4, 0.5) is 4.39 Å². The van der Waals surface area contributed by atoms with Crippen molar-refractivity contribution in [3.8, 4) is 0 Å². The van der Waals surface area contributed by atoms with Crippen molar-refractivity contribution >= 4 is 11.3 Å². The molecule has 2 nitrogen and oxygen atoms in total. The summed E-state index contributed by atoms with van der Waals surface area (Å²) in [4.78, 5) is 4.74. The molecule has 108 valence electrons. The quantitative estimate of drug-likeness (QED) is 0.910. The first-order chi connectivity index (χ1) is 9.41. The second-order valence-corrected chi connectivity index (χ2v) is 6.76. The molecule has 1 N–H and O–H groups in total. The molecule has 0 fully saturated rings. The summed E-state index contributed by atoms with van der Waals surface area (Å²) in [5.41, 5.74) is 2.03. The van der Waals surface area contributed by atoms with Crippen LogP contribution in [0.2, 0.25) is 0 Å². The van der Waals surface area contributed by atoms with E-state index in [1.165, 1.54) is 6.07 Å². The number of nitrogens with zero attached hydrogens (tertiary/aromatic N) is 1. The van der Waals surface area contributed by atoms with Gasteiger partial charge < -0.3 is 5.32 Å². The Balaban J connectivity index is 2.36. The molecule has 1 atom stereocenters. The van der Waals surface area contributed by atoms with Gasteiger partial charge in [0.1, 0.15) is 10.8 Å². The highest BCUT2D eigenvalue weighted by molar-refractivity contribution is 7.09. The molecule has 0 aliphatic rings. The Hall–Kier alpha value is -1.26. The minimum absolute atomic E-state index is 0.0352. The third kappa shape index (κ3) is 3.44. The maximum atomic E-state index is 13.4. The Labute approximate surface area is 124 Å². The van der Waals surface area contributed by atoms with E-state index in [9.17, 15) is 4.39 Å². The molecule has 0 aliphatic carbocycles. The smallest absolute Gasteiger partial charge is 0.123 e. The van der Waals surface area contributed by atoms with Crippen LogP contribution in [0.5, 0.6) is 0 Å². The molecule has 0 radical (unpaired) electrons. The zero-order chi connectivity index (χ0) is 14.8. The molecule has 1 unspecified atom stereocenters. The van der Waals surface area contributed by atoms with Gasteiger partial charge in [0.25, 0.3) is 0 Å². The molecular formula is C16H21FN2S. The summed E-state index contributed by atoms with van der Waals surface area (Å²) in [5.74, 6) is -0.210. The fourth-order valence-corrected chi connectivity index (χ4v) is 3.15. The lowest BCUT2D eigenvalue weighted by Crippen LogP contribution is -2.22. The van der Waals surface area contributed by atoms with Gasteiger partial charge in [-0.3, -0.25) is 0 Å². The predicted octanol–water partition coefficient (Wildman–Crippen LogP) is 4.28. The van der Waals surface area contributed by atoms with E-state index in [2.05, 4.69) is 31.5 Å². The third-order valence-corrected chi connectivity index (χ3v) is 4.04. The van der Waals surface area contributed by atoms with Crippen molar-refractivity contribution in [2.75, 3.05) is 6.54 Å². The highest BCUT2D eigenvalue weighted by Crippen LogP contribution is 2.30. The van der Waals surface area contributed by atoms with Gasteiger partial charge in [0.05, 0.1) is 11.7 Å². The van der Waals surface area contributed by atoms with E-state index in [4.69, 9.17) is 4.98 Å². The molecule has 0 saturated heterocycles. The van der Waals surface area contributed by atoms with Gasteiger partial charge in [-0.25, -0.2) is 9.37 Å². The first kappa shape index (κ1) is 15.1. The van der Waals surface area contributed by atoms with Crippen molar-refractivity contribution in [3.05, 3.63) is 51.7 Å². The number of benzene rings is 1. The maximum absolute atomic E-state index is 13.4. The lowest BCUT2D eigenvalue weighted by Gasteiger charge is -2.17. The molecule has 1 aromatic carbocycles. The van der Waals surface area contributed by atoms with Crippen LogP contribution in [0.15, 0.2) is 29.6 Å². The Bertz CT molecular complexity index is 572. The summed E-state index contributed by atoms with van der Waals surface area (Å²) < 4.78 is 13.4. The van der Waals surface area contributed by atoms with Gasteiger partial charge in [-0.15, -0.1) is 11.3 Å². The fraction of sp³-hybridized carbons (Fsp3) is 0.438. The van der Waals surface area contributed by atoms with Crippen LogP contribution in [0.3, 0.4) is 0 Å². The highest BCUT2D eigenvalue weighted by atomic mass is 32.1. The molecule has 1 aromatic heterocycles. The zero-order valence-electron chi connectivity index (χ0n) is 12.4. The topological polar surface area (TPSA) is 24.9 Å². The standard InChI is InChI=1S/C16H21FN2S/c1-5-18-14(11-7-6-8-12(17)9-11)15-19-13(10-20-15)16(2,3)4/h6-10,14,18H,5H2,1-4H3. The van der Waals surface area contributed by atoms with Gasteiger partial charge in [0.15, 0.2) is 0 Å². The second kappa shape index (κ2) is 6.02. The zero-order valence-corrected chi connectivity index (χ0v) is 13.2. The number of halogens is 1. The van der Waals surface area contributed by atoms with E-state index in [1.807, 2.05) is 13.0 Å². The molecule has 1 heterocycles. The number of thiazole rings is 1. The summed E-state index contributed by atoms with van der Waals surface area (Å²) >= 11 is 1.63. The monoisotopic (exact) mass is 292 g/mol. The van der Waals surface area contributed by atoms with Crippen LogP contribution < -0.4 is 5.32 Å². The third-order valence-electron chi connectivity index (χ3n) is 3.13. The largest absolute Gasteiger partial charge is 0.305 e. The fourth-order valence-electron chi connectivity index (χ4n) is 2.00. The summed E-state index contributed by atoms with van der Waals surface area (Å²) in [6, 6.07) is 6.68. The van der Waals surface area contributed by atoms with Crippen molar-refractivity contribution in [1.82, 2.24) is 10.3 Å². The SMILES string of the molecule is CCNC(c1cccc(F)c1)c1nc(C(C)(C)C)cs1. The van der Waals surface area contributed by atoms with Crippen LogP contribution in [0.1, 0.15) is 50.0 Å². The first-order valence-corrected chi connectivity index (χ1v) is 7.74. The predicted molar refractivity (Wildman–Crippen MR) is 82.7 cm³/mol. The summed E-state index contributed by atoms with van der Waals surface area (Å²) in [5, 5.41) is 6.47. The number of hydrogen-bond acceptors (Lipinski definition) is 3. The van der Waals surface area contributed by atoms with Crippen molar-refractivity contribution in [2.24, 2.45) is 0 Å². The van der Waals surface area contributed by atoms with Crippen LogP contribution in [-0.4, -0.2) is 11.5 Å². The number of rotatable bonds is 4. The average Bonchev–Trinajstić information content (AvgIpc) is 2.85. The van der Waals surface area contributed by atoms with E-state index < -0.39 is 0 Å². The Kier molecular flexibility index (Phi) is 4.55. The van der Waals surface area contributed by atoms with Gasteiger partial charge in [-0.05, 0) is 24.2 Å². The van der Waals surface area contributed by atoms with Crippen molar-refractivity contribution in [2.45, 2.75) is 39.2 Å². The Morgan fingerprint density at radius 2 is 2.10 bits per heavy atom. The van der Waals surface area contributed by atoms with E-state index in [1.54, 1.807) is 23.5 Å². The molecule has 2 aromatic rings. The number of aromatic nitrogens is 1. The first-order valence-electron chi connectivity index (χ1n) is 6.86. The second-order valence-electron chi connectivity index (χ2n) is 5.87. The van der Waals surface area contributed by atoms with Gasteiger partial charge in [0, 0.05) is 10.8 Å². The van der Waals surface area contributed by atoms with E-state index in [0.29, 0.717) is 0 Å². The molecule has 20 heavy (non-hydrogen) atoms. The van der Waals surface area contributed by atoms with Gasteiger partial charge in [-0.1, -0.05) is 39.8 Å². The lowest BCUT2D eigenvalue weighted by atomic mass is 9.93. The molecule has 0 spiro atoms. The minimum Gasteiger partial charge on any atom is -0.305 e. The van der Waals surface area contributed by atoms with Crippen LogP contribution in [-0.2, 0) is 5.41 Å². The van der Waals surface area contributed by atoms with Gasteiger partial charge >= 0.3 is 0 Å². The molecular weight excluding hydrogens is 271 g/mol. The normalized spacial score (nSPS) is 13.4. The lowest BCUT2D eigenvalue weighted by molar-refractivity contribution is 0.560. The van der Waals surface area contributed by atoms with Gasteiger partial charge in [0.2, 0.25) is 0 Å². The molecule has 2 rings (SSSR count). The molecule has 0 aliphatic heterocycles. The molecule has 4 heteroatoms.